The van der Waals surface area contributed by atoms with Crippen molar-refractivity contribution in [1.82, 2.24) is 4.98 Å². The Hall–Kier alpha value is -1.23. The molecule has 0 unspecified atom stereocenters. The van der Waals surface area contributed by atoms with Crippen molar-refractivity contribution in [2.24, 2.45) is 0 Å². The fraction of sp³-hybridized carbons (Fsp3) is 0.125. The number of nitrogens with one attached hydrogen (secondary N) is 1. The minimum absolute atomic E-state index is 0.109. The number of pyridine rings is 1. The van der Waals surface area contributed by atoms with Crippen molar-refractivity contribution in [2.75, 3.05) is 11.1 Å². The normalized spacial score (nSPS) is 9.62. The number of nitrogens with two attached hydrogens (primary N) is 1. The van der Waals surface area contributed by atoms with Crippen LogP contribution in [0.4, 0.5) is 5.82 Å². The first-order chi connectivity index (χ1) is 6.16. The Kier molecular flexibility index (Phi) is 3.13. The number of Topliss-reactive ketones (excluding diaryl/α,β-unsaturated/α-hetero) is 1. The SMILES string of the molecule is N=C(C(=O)CBr)c1cccnc1N. The summed E-state index contributed by atoms with van der Waals surface area (Å²) in [7, 11) is 0. The molecule has 0 aliphatic heterocycles. The number of nitrogens with zero attached hydrogens (tertiary/aromatic N) is 1. The number of aromatic nitrogens is 1. The van der Waals surface area contributed by atoms with Crippen LogP contribution < -0.4 is 5.73 Å². The number of hydrogen-bond donors (Lipinski definition) is 2. The lowest BCUT2D eigenvalue weighted by molar-refractivity contribution is -0.110. The molecule has 0 aliphatic carbocycles. The fourth-order valence-electron chi connectivity index (χ4n) is 0.846. The van der Waals surface area contributed by atoms with Gasteiger partial charge in [0.2, 0.25) is 0 Å². The zero-order chi connectivity index (χ0) is 9.84. The summed E-state index contributed by atoms with van der Waals surface area (Å²) in [5.74, 6) is -0.0958. The van der Waals surface area contributed by atoms with Crippen molar-refractivity contribution in [2.45, 2.75) is 0 Å². The van der Waals surface area contributed by atoms with E-state index in [9.17, 15) is 4.79 Å². The van der Waals surface area contributed by atoms with Gasteiger partial charge in [-0.1, -0.05) is 15.9 Å². The Morgan fingerprint density at radius 2 is 2.38 bits per heavy atom. The van der Waals surface area contributed by atoms with Gasteiger partial charge in [-0.05, 0) is 12.1 Å². The average Bonchev–Trinajstić information content (AvgIpc) is 2.16. The number of hydrogen-bond acceptors (Lipinski definition) is 4. The summed E-state index contributed by atoms with van der Waals surface area (Å²) in [6.45, 7) is 0. The molecule has 0 atom stereocenters. The molecular weight excluding hydrogens is 234 g/mol. The van der Waals surface area contributed by atoms with Crippen molar-refractivity contribution in [3.05, 3.63) is 23.9 Å². The van der Waals surface area contributed by atoms with Crippen molar-refractivity contribution in [1.29, 1.82) is 5.41 Å². The molecule has 13 heavy (non-hydrogen) atoms. The highest BCUT2D eigenvalue weighted by Gasteiger charge is 2.12. The molecule has 1 heterocycles. The van der Waals surface area contributed by atoms with Crippen molar-refractivity contribution in [3.63, 3.8) is 0 Å². The van der Waals surface area contributed by atoms with Crippen molar-refractivity contribution >= 4 is 33.2 Å². The molecule has 0 saturated carbocycles. The molecule has 1 aromatic rings. The molecule has 1 aromatic heterocycles. The van der Waals surface area contributed by atoms with Crippen molar-refractivity contribution < 1.29 is 4.79 Å². The van der Waals surface area contributed by atoms with Gasteiger partial charge in [0, 0.05) is 11.8 Å². The minimum atomic E-state index is -0.306. The molecule has 68 valence electrons. The molecule has 1 rings (SSSR count). The first-order valence-corrected chi connectivity index (χ1v) is 4.67. The molecule has 0 radical (unpaired) electrons. The highest BCUT2D eigenvalue weighted by Crippen LogP contribution is 2.08. The quantitative estimate of drug-likeness (QED) is 0.612. The second-order valence-electron chi connectivity index (χ2n) is 2.37. The summed E-state index contributed by atoms with van der Waals surface area (Å²) in [6, 6.07) is 3.24. The molecule has 3 N–H and O–H groups in total. The Morgan fingerprint density at radius 1 is 1.69 bits per heavy atom. The lowest BCUT2D eigenvalue weighted by atomic mass is 10.1. The number of carbonyl (C=O) groups is 1. The van der Waals surface area contributed by atoms with Crippen LogP contribution in [0.5, 0.6) is 0 Å². The third kappa shape index (κ3) is 2.12. The van der Waals surface area contributed by atoms with Crippen LogP contribution in [0.1, 0.15) is 5.56 Å². The predicted octanol–water partition coefficient (Wildman–Crippen LogP) is 0.996. The maximum atomic E-state index is 11.1. The van der Waals surface area contributed by atoms with E-state index < -0.39 is 0 Å². The summed E-state index contributed by atoms with van der Waals surface area (Å²) in [4.78, 5) is 14.9. The monoisotopic (exact) mass is 241 g/mol. The second kappa shape index (κ2) is 4.13. The zero-order valence-electron chi connectivity index (χ0n) is 6.75. The standard InChI is InChI=1S/C8H8BrN3O/c9-4-6(13)7(10)5-2-1-3-12-8(5)11/h1-3,10H,4H2,(H2,11,12). The Labute approximate surface area is 83.8 Å². The third-order valence-corrected chi connectivity index (χ3v) is 2.02. The topological polar surface area (TPSA) is 79.8 Å². The Morgan fingerprint density at radius 3 is 2.92 bits per heavy atom. The van der Waals surface area contributed by atoms with E-state index in [4.69, 9.17) is 11.1 Å². The molecule has 5 heteroatoms. The highest BCUT2D eigenvalue weighted by molar-refractivity contribution is 9.09. The van der Waals surface area contributed by atoms with Crippen LogP contribution >= 0.6 is 15.9 Å². The number of rotatable bonds is 3. The van der Waals surface area contributed by atoms with E-state index in [-0.39, 0.29) is 22.6 Å². The van der Waals surface area contributed by atoms with Crippen LogP contribution in [0.3, 0.4) is 0 Å². The summed E-state index contributed by atoms with van der Waals surface area (Å²) in [5.41, 5.74) is 5.77. The van der Waals surface area contributed by atoms with E-state index in [1.54, 1.807) is 12.1 Å². The molecule has 4 nitrogen and oxygen atoms in total. The number of nitrogen functional groups attached to an aromatic ring is 1. The van der Waals surface area contributed by atoms with Gasteiger partial charge in [-0.3, -0.25) is 10.2 Å². The van der Waals surface area contributed by atoms with Gasteiger partial charge in [0.1, 0.15) is 11.5 Å². The lowest BCUT2D eigenvalue weighted by Crippen LogP contribution is -2.17. The van der Waals surface area contributed by atoms with E-state index in [2.05, 4.69) is 20.9 Å². The van der Waals surface area contributed by atoms with Crippen LogP contribution in [-0.2, 0) is 4.79 Å². The molecule has 0 bridgehead atoms. The van der Waals surface area contributed by atoms with Gasteiger partial charge in [-0.2, -0.15) is 0 Å². The van der Waals surface area contributed by atoms with E-state index in [0.29, 0.717) is 5.56 Å². The predicted molar refractivity (Wildman–Crippen MR) is 54.3 cm³/mol. The number of carbonyl (C=O) groups excluding carboxylic acids is 1. The summed E-state index contributed by atoms with van der Waals surface area (Å²) >= 11 is 2.99. The first kappa shape index (κ1) is 9.85. The largest absolute Gasteiger partial charge is 0.383 e. The first-order valence-electron chi connectivity index (χ1n) is 3.55. The molecule has 0 amide bonds. The van der Waals surface area contributed by atoms with E-state index in [1.807, 2.05) is 0 Å². The molecule has 0 aromatic carbocycles. The summed E-state index contributed by atoms with van der Waals surface area (Å²) in [5, 5.41) is 7.60. The van der Waals surface area contributed by atoms with Crippen LogP contribution in [0.15, 0.2) is 18.3 Å². The third-order valence-electron chi connectivity index (χ3n) is 1.51. The van der Waals surface area contributed by atoms with Gasteiger partial charge in [0.15, 0.2) is 5.78 Å². The lowest BCUT2D eigenvalue weighted by Gasteiger charge is -2.02. The number of halogens is 1. The average molecular weight is 242 g/mol. The van der Waals surface area contributed by atoms with Crippen LogP contribution in [0.25, 0.3) is 0 Å². The van der Waals surface area contributed by atoms with Crippen LogP contribution in [0, 0.1) is 5.41 Å². The molecular formula is C8H8BrN3O. The molecule has 0 saturated heterocycles. The van der Waals surface area contributed by atoms with Gasteiger partial charge >= 0.3 is 0 Å². The van der Waals surface area contributed by atoms with Gasteiger partial charge in [-0.15, -0.1) is 0 Å². The zero-order valence-corrected chi connectivity index (χ0v) is 8.34. The Balaban J connectivity index is 3.02. The number of ketones is 1. The highest BCUT2D eigenvalue weighted by atomic mass is 79.9. The maximum absolute atomic E-state index is 11.1. The molecule has 0 fully saturated rings. The summed E-state index contributed by atoms with van der Waals surface area (Å²) < 4.78 is 0. The van der Waals surface area contributed by atoms with Crippen LogP contribution in [-0.4, -0.2) is 21.8 Å². The maximum Gasteiger partial charge on any atom is 0.191 e. The van der Waals surface area contributed by atoms with E-state index >= 15 is 0 Å². The number of alkyl halides is 1. The fourth-order valence-corrected chi connectivity index (χ4v) is 1.13. The minimum Gasteiger partial charge on any atom is -0.383 e. The van der Waals surface area contributed by atoms with Crippen molar-refractivity contribution in [3.8, 4) is 0 Å². The Bertz CT molecular complexity index is 351. The van der Waals surface area contributed by atoms with Gasteiger partial charge in [0.25, 0.3) is 0 Å². The number of anilines is 1. The van der Waals surface area contributed by atoms with Gasteiger partial charge in [-0.25, -0.2) is 4.98 Å². The molecule has 0 aliphatic rings. The van der Waals surface area contributed by atoms with Gasteiger partial charge < -0.3 is 5.73 Å². The van der Waals surface area contributed by atoms with Gasteiger partial charge in [0.05, 0.1) is 5.33 Å². The summed E-state index contributed by atoms with van der Waals surface area (Å²) in [6.07, 6.45) is 1.52. The van der Waals surface area contributed by atoms with Crippen LogP contribution in [0.2, 0.25) is 0 Å². The van der Waals surface area contributed by atoms with E-state index in [1.165, 1.54) is 6.20 Å². The second-order valence-corrected chi connectivity index (χ2v) is 2.93. The van der Waals surface area contributed by atoms with E-state index in [0.717, 1.165) is 0 Å². The smallest absolute Gasteiger partial charge is 0.191 e. The molecule has 0 spiro atoms.